The van der Waals surface area contributed by atoms with Crippen LogP contribution in [0.1, 0.15) is 45.4 Å². The number of benzene rings is 1. The summed E-state index contributed by atoms with van der Waals surface area (Å²) in [7, 11) is 0. The van der Waals surface area contributed by atoms with Gasteiger partial charge in [0.1, 0.15) is 11.8 Å². The maximum absolute atomic E-state index is 8.47. The Labute approximate surface area is 116 Å². The summed E-state index contributed by atoms with van der Waals surface area (Å²) in [5.74, 6) is 0.745. The van der Waals surface area contributed by atoms with Crippen LogP contribution in [0.2, 0.25) is 0 Å². The highest BCUT2D eigenvalue weighted by atomic mass is 16.5. The van der Waals surface area contributed by atoms with Gasteiger partial charge < -0.3 is 10.1 Å². The molecule has 1 N–H and O–H groups in total. The number of hydrogen-bond donors (Lipinski definition) is 1. The third-order valence-electron chi connectivity index (χ3n) is 3.00. The largest absolute Gasteiger partial charge is 0.479 e. The van der Waals surface area contributed by atoms with E-state index in [1.165, 1.54) is 38.5 Å². The second-order valence-electron chi connectivity index (χ2n) is 4.67. The Bertz CT molecular complexity index is 385. The van der Waals surface area contributed by atoms with Crippen molar-refractivity contribution in [1.29, 1.82) is 5.26 Å². The van der Waals surface area contributed by atoms with Crippen molar-refractivity contribution in [3.63, 3.8) is 0 Å². The van der Waals surface area contributed by atoms with Crippen LogP contribution in [0.15, 0.2) is 24.3 Å². The Morgan fingerprint density at radius 3 is 2.74 bits per heavy atom. The Morgan fingerprint density at radius 1 is 1.16 bits per heavy atom. The monoisotopic (exact) mass is 260 g/mol. The highest BCUT2D eigenvalue weighted by Crippen LogP contribution is 2.17. The van der Waals surface area contributed by atoms with Crippen molar-refractivity contribution in [3.05, 3.63) is 24.3 Å². The van der Waals surface area contributed by atoms with Crippen molar-refractivity contribution in [1.82, 2.24) is 0 Å². The smallest absolute Gasteiger partial charge is 0.174 e. The normalized spacial score (nSPS) is 9.89. The van der Waals surface area contributed by atoms with Crippen molar-refractivity contribution >= 4 is 5.69 Å². The molecule has 0 aliphatic carbocycles. The van der Waals surface area contributed by atoms with Crippen LogP contribution in [-0.4, -0.2) is 13.2 Å². The lowest BCUT2D eigenvalue weighted by Gasteiger charge is -2.08. The molecule has 1 aromatic rings. The summed E-state index contributed by atoms with van der Waals surface area (Å²) in [6.07, 6.45) is 7.83. The number of unbranched alkanes of at least 4 members (excludes halogenated alkanes) is 5. The minimum Gasteiger partial charge on any atom is -0.479 e. The van der Waals surface area contributed by atoms with Crippen LogP contribution in [0.5, 0.6) is 5.75 Å². The molecular weight excluding hydrogens is 236 g/mol. The summed E-state index contributed by atoms with van der Waals surface area (Å²) >= 11 is 0. The molecule has 1 rings (SSSR count). The second-order valence-corrected chi connectivity index (χ2v) is 4.67. The number of nitrogens with one attached hydrogen (secondary N) is 1. The maximum Gasteiger partial charge on any atom is 0.174 e. The van der Waals surface area contributed by atoms with Crippen LogP contribution >= 0.6 is 0 Å². The number of ether oxygens (including phenoxy) is 1. The molecule has 104 valence electrons. The molecule has 0 atom stereocenters. The highest BCUT2D eigenvalue weighted by molar-refractivity contribution is 5.48. The van der Waals surface area contributed by atoms with Crippen LogP contribution in [0.25, 0.3) is 0 Å². The van der Waals surface area contributed by atoms with Crippen molar-refractivity contribution in [2.45, 2.75) is 45.4 Å². The quantitative estimate of drug-likeness (QED) is 0.636. The number of anilines is 1. The fraction of sp³-hybridized carbons (Fsp3) is 0.562. The lowest BCUT2D eigenvalue weighted by molar-refractivity contribution is 0.368. The summed E-state index contributed by atoms with van der Waals surface area (Å²) in [6, 6.07) is 9.74. The summed E-state index contributed by atoms with van der Waals surface area (Å²) in [4.78, 5) is 0. The fourth-order valence-electron chi connectivity index (χ4n) is 1.95. The molecule has 0 spiro atoms. The average molecular weight is 260 g/mol. The minimum absolute atomic E-state index is 0.0981. The van der Waals surface area contributed by atoms with Crippen LogP contribution in [0, 0.1) is 11.3 Å². The van der Waals surface area contributed by atoms with Crippen LogP contribution in [-0.2, 0) is 0 Å². The molecule has 0 saturated carbocycles. The minimum atomic E-state index is 0.0981. The van der Waals surface area contributed by atoms with Crippen molar-refractivity contribution in [2.24, 2.45) is 0 Å². The van der Waals surface area contributed by atoms with Crippen molar-refractivity contribution in [3.8, 4) is 11.8 Å². The summed E-state index contributed by atoms with van der Waals surface area (Å²) in [5, 5.41) is 11.9. The molecule has 0 saturated heterocycles. The lowest BCUT2D eigenvalue weighted by atomic mass is 10.1. The van der Waals surface area contributed by atoms with Crippen LogP contribution < -0.4 is 10.1 Å². The zero-order chi connectivity index (χ0) is 13.8. The van der Waals surface area contributed by atoms with E-state index in [1.54, 1.807) is 0 Å². The van der Waals surface area contributed by atoms with Crippen molar-refractivity contribution in [2.75, 3.05) is 18.5 Å². The first-order valence-corrected chi connectivity index (χ1v) is 7.20. The van der Waals surface area contributed by atoms with Gasteiger partial charge >= 0.3 is 0 Å². The standard InChI is InChI=1S/C16H24N2O/c1-2-3-4-5-6-7-12-18-15-9-8-10-16(14-15)19-13-11-17/h8-10,14,18H,2-7,12-13H2,1H3. The average Bonchev–Trinajstić information content (AvgIpc) is 2.44. The fourth-order valence-corrected chi connectivity index (χ4v) is 1.95. The van der Waals surface area contributed by atoms with E-state index in [0.29, 0.717) is 0 Å². The molecule has 0 bridgehead atoms. The lowest BCUT2D eigenvalue weighted by Crippen LogP contribution is -2.02. The molecule has 0 amide bonds. The molecule has 1 aromatic carbocycles. The third kappa shape index (κ3) is 7.35. The zero-order valence-electron chi connectivity index (χ0n) is 11.8. The predicted molar refractivity (Wildman–Crippen MR) is 79.4 cm³/mol. The van der Waals surface area contributed by atoms with Gasteiger partial charge in [-0.3, -0.25) is 0 Å². The molecule has 0 aliphatic rings. The van der Waals surface area contributed by atoms with Gasteiger partial charge in [0.05, 0.1) is 0 Å². The number of nitriles is 1. The van der Waals surface area contributed by atoms with E-state index in [4.69, 9.17) is 10.00 Å². The molecule has 0 unspecified atom stereocenters. The Hall–Kier alpha value is -1.69. The van der Waals surface area contributed by atoms with Crippen molar-refractivity contribution < 1.29 is 4.74 Å². The van der Waals surface area contributed by atoms with E-state index in [-0.39, 0.29) is 6.61 Å². The SMILES string of the molecule is CCCCCCCCNc1cccc(OCC#N)c1. The number of nitrogens with zero attached hydrogens (tertiary/aromatic N) is 1. The molecule has 0 radical (unpaired) electrons. The van der Waals surface area contributed by atoms with Gasteiger partial charge in [-0.1, -0.05) is 45.1 Å². The molecule has 0 aromatic heterocycles. The molecule has 0 aliphatic heterocycles. The topological polar surface area (TPSA) is 45.0 Å². The first-order valence-electron chi connectivity index (χ1n) is 7.20. The van der Waals surface area contributed by atoms with Gasteiger partial charge in [0.2, 0.25) is 0 Å². The third-order valence-corrected chi connectivity index (χ3v) is 3.00. The Morgan fingerprint density at radius 2 is 1.95 bits per heavy atom. The Balaban J connectivity index is 2.16. The predicted octanol–water partition coefficient (Wildman–Crippen LogP) is 4.36. The van der Waals surface area contributed by atoms with E-state index >= 15 is 0 Å². The van der Waals surface area contributed by atoms with Gasteiger partial charge in [0, 0.05) is 18.3 Å². The van der Waals surface area contributed by atoms with E-state index in [2.05, 4.69) is 12.2 Å². The van der Waals surface area contributed by atoms with E-state index in [9.17, 15) is 0 Å². The molecule has 0 heterocycles. The molecule has 3 heteroatoms. The van der Waals surface area contributed by atoms with Crippen LogP contribution in [0.4, 0.5) is 5.69 Å². The first kappa shape index (κ1) is 15.4. The second kappa shape index (κ2) is 10.3. The van der Waals surface area contributed by atoms with Gasteiger partial charge in [0.25, 0.3) is 0 Å². The van der Waals surface area contributed by atoms with E-state index in [1.807, 2.05) is 30.3 Å². The Kier molecular flexibility index (Phi) is 8.29. The molecule has 3 nitrogen and oxygen atoms in total. The highest BCUT2D eigenvalue weighted by Gasteiger charge is 1.96. The number of rotatable bonds is 10. The van der Waals surface area contributed by atoms with Gasteiger partial charge in [-0.2, -0.15) is 5.26 Å². The van der Waals surface area contributed by atoms with Gasteiger partial charge in [-0.25, -0.2) is 0 Å². The van der Waals surface area contributed by atoms with Gasteiger partial charge in [0.15, 0.2) is 6.61 Å². The summed E-state index contributed by atoms with van der Waals surface area (Å²) in [6.45, 7) is 3.33. The van der Waals surface area contributed by atoms with Gasteiger partial charge in [-0.05, 0) is 18.6 Å². The van der Waals surface area contributed by atoms with E-state index in [0.717, 1.165) is 18.0 Å². The van der Waals surface area contributed by atoms with E-state index < -0.39 is 0 Å². The maximum atomic E-state index is 8.47. The summed E-state index contributed by atoms with van der Waals surface area (Å²) < 4.78 is 5.27. The number of hydrogen-bond acceptors (Lipinski definition) is 3. The molecule has 19 heavy (non-hydrogen) atoms. The summed E-state index contributed by atoms with van der Waals surface area (Å²) in [5.41, 5.74) is 1.06. The first-order chi connectivity index (χ1) is 9.36. The molecular formula is C16H24N2O. The van der Waals surface area contributed by atoms with Gasteiger partial charge in [-0.15, -0.1) is 0 Å². The van der Waals surface area contributed by atoms with Crippen LogP contribution in [0.3, 0.4) is 0 Å². The molecule has 0 fully saturated rings. The zero-order valence-corrected chi connectivity index (χ0v) is 11.8.